The lowest BCUT2D eigenvalue weighted by atomic mass is 10.2. The molecule has 4 heterocycles. The van der Waals surface area contributed by atoms with Crippen LogP contribution in [-0.2, 0) is 9.47 Å². The lowest BCUT2D eigenvalue weighted by molar-refractivity contribution is 0.0517. The van der Waals surface area contributed by atoms with Crippen molar-refractivity contribution < 1.29 is 19.1 Å². The number of nitrogens with zero attached hydrogens (tertiary/aromatic N) is 8. The number of nitrogens with one attached hydrogen (secondary N) is 3. The molecule has 0 saturated heterocycles. The summed E-state index contributed by atoms with van der Waals surface area (Å²) in [6.07, 6.45) is 12.6. The highest BCUT2D eigenvalue weighted by atomic mass is 79.9. The van der Waals surface area contributed by atoms with Gasteiger partial charge in [-0.3, -0.25) is 0 Å². The van der Waals surface area contributed by atoms with E-state index in [-0.39, 0.29) is 13.4 Å². The van der Waals surface area contributed by atoms with Gasteiger partial charge in [0.1, 0.15) is 22.8 Å². The first-order valence-electron chi connectivity index (χ1n) is 17.7. The molecule has 0 atom stereocenters. The van der Waals surface area contributed by atoms with Crippen LogP contribution in [0.4, 0.5) is 29.2 Å². The molecule has 0 radical (unpaired) electrons. The number of ether oxygens (including phenoxy) is 2. The summed E-state index contributed by atoms with van der Waals surface area (Å²) in [7, 11) is 0. The van der Waals surface area contributed by atoms with E-state index in [9.17, 15) is 9.59 Å². The zero-order valence-corrected chi connectivity index (χ0v) is 33.5. The average molecular weight is 842 g/mol. The summed E-state index contributed by atoms with van der Waals surface area (Å²) < 4.78 is 11.0. The van der Waals surface area contributed by atoms with Crippen molar-refractivity contribution in [3.05, 3.63) is 88.9 Å². The number of carbonyl (C=O) groups is 2. The molecule has 0 saturated carbocycles. The van der Waals surface area contributed by atoms with Crippen LogP contribution in [0.25, 0.3) is 21.8 Å². The Labute approximate surface area is 341 Å². The highest BCUT2D eigenvalue weighted by Crippen LogP contribution is 2.22. The van der Waals surface area contributed by atoms with Crippen molar-refractivity contribution >= 4 is 78.9 Å². The van der Waals surface area contributed by atoms with Crippen molar-refractivity contribution in [1.29, 1.82) is 0 Å². The Morgan fingerprint density at radius 1 is 0.772 bits per heavy atom. The van der Waals surface area contributed by atoms with E-state index < -0.39 is 11.9 Å². The number of anilines is 5. The smallest absolute Gasteiger partial charge is 0.343 e. The number of carbonyl (C=O) groups excluding carboxylic acids is 2. The second-order valence-corrected chi connectivity index (χ2v) is 12.1. The average Bonchev–Trinajstić information content (AvgIpc) is 3.20. The van der Waals surface area contributed by atoms with Gasteiger partial charge in [0.05, 0.1) is 36.6 Å². The fraction of sp³-hybridized carbons (Fsp3) is 0.300. The Hall–Kier alpha value is -6.54. The fourth-order valence-electron chi connectivity index (χ4n) is 4.46. The molecule has 0 aliphatic rings. The molecule has 0 aliphatic carbocycles. The Bertz CT molecular complexity index is 2220. The van der Waals surface area contributed by atoms with Gasteiger partial charge in [-0.25, -0.2) is 19.6 Å². The molecule has 0 spiro atoms. The fourth-order valence-corrected chi connectivity index (χ4v) is 4.84. The summed E-state index contributed by atoms with van der Waals surface area (Å²) in [5.41, 5.74) is 8.64. The van der Waals surface area contributed by atoms with Gasteiger partial charge in [0.2, 0.25) is 11.9 Å². The third-order valence-electron chi connectivity index (χ3n) is 6.92. The molecule has 300 valence electrons. The minimum atomic E-state index is -0.443. The van der Waals surface area contributed by atoms with Crippen LogP contribution in [0.5, 0.6) is 0 Å². The van der Waals surface area contributed by atoms with Crippen molar-refractivity contribution in [2.45, 2.75) is 54.9 Å². The maximum atomic E-state index is 12.1. The van der Waals surface area contributed by atoms with Crippen LogP contribution < -0.4 is 21.7 Å². The van der Waals surface area contributed by atoms with Crippen molar-refractivity contribution in [2.75, 3.05) is 48.0 Å². The lowest BCUT2D eigenvalue weighted by Crippen LogP contribution is -2.13. The van der Waals surface area contributed by atoms with Crippen LogP contribution >= 0.6 is 15.9 Å². The van der Waals surface area contributed by atoms with Crippen molar-refractivity contribution in [3.63, 3.8) is 0 Å². The van der Waals surface area contributed by atoms with Crippen LogP contribution in [0.15, 0.2) is 77.8 Å². The number of terminal acetylenes is 1. The number of rotatable bonds is 12. The quantitative estimate of drug-likeness (QED) is 0.0680. The maximum Gasteiger partial charge on any atom is 0.343 e. The van der Waals surface area contributed by atoms with Gasteiger partial charge >= 0.3 is 11.9 Å². The van der Waals surface area contributed by atoms with E-state index in [1.54, 1.807) is 33.2 Å². The number of aromatic nitrogens is 8. The van der Waals surface area contributed by atoms with Gasteiger partial charge in [-0.2, -0.15) is 30.4 Å². The van der Waals surface area contributed by atoms with Crippen molar-refractivity contribution in [3.8, 4) is 12.3 Å². The molecular weight excluding hydrogens is 792 g/mol. The van der Waals surface area contributed by atoms with Crippen LogP contribution in [0.3, 0.4) is 0 Å². The van der Waals surface area contributed by atoms with E-state index in [4.69, 9.17) is 15.2 Å². The Morgan fingerprint density at radius 2 is 1.28 bits per heavy atom. The van der Waals surface area contributed by atoms with Crippen molar-refractivity contribution in [2.24, 2.45) is 0 Å². The Kier molecular flexibility index (Phi) is 20.9. The zero-order valence-electron chi connectivity index (χ0n) is 31.9. The molecule has 17 heteroatoms. The summed E-state index contributed by atoms with van der Waals surface area (Å²) in [6, 6.07) is 15.4. The lowest BCUT2D eigenvalue weighted by Gasteiger charge is -2.12. The summed E-state index contributed by atoms with van der Waals surface area (Å²) >= 11 is 3.38. The SMILES string of the molecule is Brc1ccc2nnccc2c1.C.C#CC.CCCNc1nc(N)ncc1C(=O)OCC.CCCNc1nc(Nc2ccc3nnccc3c2)ncc1C(=O)OCC. The number of hydrogen-bond acceptors (Lipinski definition) is 16. The molecule has 0 amide bonds. The molecule has 16 nitrogen and oxygen atoms in total. The Balaban J connectivity index is 0.000000308. The number of benzene rings is 2. The van der Waals surface area contributed by atoms with Crippen LogP contribution in [0, 0.1) is 12.3 Å². The maximum absolute atomic E-state index is 12.1. The normalized spacial score (nSPS) is 9.70. The molecular formula is C40H49BrN12O4. The van der Waals surface area contributed by atoms with E-state index in [0.717, 1.165) is 44.8 Å². The predicted molar refractivity (Wildman–Crippen MR) is 229 cm³/mol. The molecule has 57 heavy (non-hydrogen) atoms. The summed E-state index contributed by atoms with van der Waals surface area (Å²) in [4.78, 5) is 40.0. The van der Waals surface area contributed by atoms with Crippen LogP contribution in [-0.4, -0.2) is 78.6 Å². The molecule has 6 rings (SSSR count). The van der Waals surface area contributed by atoms with E-state index in [1.807, 2.05) is 62.4 Å². The number of nitrogens with two attached hydrogens (primary N) is 1. The molecule has 0 fully saturated rings. The molecule has 0 bridgehead atoms. The first-order chi connectivity index (χ1) is 27.2. The van der Waals surface area contributed by atoms with Gasteiger partial charge in [-0.05, 0) is 82.1 Å². The topological polar surface area (TPSA) is 218 Å². The zero-order chi connectivity index (χ0) is 40.7. The largest absolute Gasteiger partial charge is 0.462 e. The van der Waals surface area contributed by atoms with Gasteiger partial charge < -0.3 is 31.2 Å². The molecule has 6 aromatic rings. The molecule has 0 aliphatic heterocycles. The summed E-state index contributed by atoms with van der Waals surface area (Å²) in [6.45, 7) is 11.2. The second-order valence-electron chi connectivity index (χ2n) is 11.2. The van der Waals surface area contributed by atoms with Gasteiger partial charge in [0, 0.05) is 46.4 Å². The molecule has 2 aromatic carbocycles. The van der Waals surface area contributed by atoms with Gasteiger partial charge in [0.25, 0.3) is 0 Å². The first kappa shape index (κ1) is 46.6. The van der Waals surface area contributed by atoms with E-state index in [2.05, 4.69) is 84.6 Å². The van der Waals surface area contributed by atoms with Crippen molar-refractivity contribution in [1.82, 2.24) is 40.3 Å². The highest BCUT2D eigenvalue weighted by Gasteiger charge is 2.16. The van der Waals surface area contributed by atoms with Gasteiger partial charge in [0.15, 0.2) is 0 Å². The molecule has 0 unspecified atom stereocenters. The minimum Gasteiger partial charge on any atom is -0.462 e. The van der Waals surface area contributed by atoms with E-state index in [1.165, 1.54) is 12.4 Å². The monoisotopic (exact) mass is 840 g/mol. The third kappa shape index (κ3) is 15.3. The minimum absolute atomic E-state index is 0. The van der Waals surface area contributed by atoms with E-state index >= 15 is 0 Å². The number of halogens is 1. The summed E-state index contributed by atoms with van der Waals surface area (Å²) in [5.74, 6) is 2.76. The second kappa shape index (κ2) is 25.5. The third-order valence-corrected chi connectivity index (χ3v) is 7.41. The predicted octanol–water partition coefficient (Wildman–Crippen LogP) is 7.89. The Morgan fingerprint density at radius 3 is 1.82 bits per heavy atom. The number of hydrogen-bond donors (Lipinski definition) is 4. The van der Waals surface area contributed by atoms with Crippen LogP contribution in [0.2, 0.25) is 0 Å². The highest BCUT2D eigenvalue weighted by molar-refractivity contribution is 9.10. The van der Waals surface area contributed by atoms with Crippen LogP contribution in [0.1, 0.15) is 75.6 Å². The number of nitrogen functional groups attached to an aromatic ring is 1. The first-order valence-corrected chi connectivity index (χ1v) is 18.5. The standard InChI is InChI=1S/C18H20N6O2.C10H16N4O2.C8H5BrN2.C3H4.CH4/c1-3-8-19-16-14(17(25)26-4-2)11-20-18(23-16)22-13-5-6-15-12(10-13)7-9-21-24-15;1-3-5-12-8-7(9(15)16-4-2)6-13-10(11)14-8;9-7-1-2-8-6(5-7)3-4-10-11-8;1-3-2;/h5-7,9-11H,3-4,8H2,1-2H3,(H2,19,20,22,23);6H,3-5H2,1-2H3,(H3,11,12,13,14);1-5H;1H,2H3;1H4. The molecule has 4 aromatic heterocycles. The number of esters is 2. The van der Waals surface area contributed by atoms with Gasteiger partial charge in [-0.1, -0.05) is 37.2 Å². The number of fused-ring (bicyclic) bond motifs is 2. The molecule has 5 N–H and O–H groups in total. The van der Waals surface area contributed by atoms with Gasteiger partial charge in [-0.15, -0.1) is 12.3 Å². The van der Waals surface area contributed by atoms with E-state index in [0.29, 0.717) is 55.0 Å². The summed E-state index contributed by atoms with van der Waals surface area (Å²) in [5, 5.41) is 27.0.